The first kappa shape index (κ1) is 6.36. The average molecular weight is 144 g/mol. The van der Waals surface area contributed by atoms with Crippen LogP contribution < -0.4 is 5.43 Å². The number of hydrogen-bond acceptors (Lipinski definition) is 1. The molecule has 0 amide bonds. The van der Waals surface area contributed by atoms with E-state index in [0.29, 0.717) is 5.15 Å². The van der Waals surface area contributed by atoms with Crippen molar-refractivity contribution in [1.29, 1.82) is 0 Å². The van der Waals surface area contributed by atoms with Crippen LogP contribution in [0.15, 0.2) is 23.1 Å². The Labute approximate surface area is 57.7 Å². The Kier molecular flexibility index (Phi) is 1.58. The summed E-state index contributed by atoms with van der Waals surface area (Å²) in [7, 11) is 1.78. The predicted molar refractivity (Wildman–Crippen MR) is 36.7 cm³/mol. The summed E-state index contributed by atoms with van der Waals surface area (Å²) in [6.45, 7) is 0. The van der Waals surface area contributed by atoms with Gasteiger partial charge in [0.15, 0.2) is 5.43 Å². The van der Waals surface area contributed by atoms with Gasteiger partial charge in [-0.25, -0.2) is 0 Å². The molecule has 48 valence electrons. The third kappa shape index (κ3) is 1.33. The molecule has 0 atom stereocenters. The van der Waals surface area contributed by atoms with Gasteiger partial charge in [-0.15, -0.1) is 0 Å². The summed E-state index contributed by atoms with van der Waals surface area (Å²) in [5.74, 6) is 0. The van der Waals surface area contributed by atoms with Crippen LogP contribution in [0.2, 0.25) is 5.15 Å². The second-order valence-corrected chi connectivity index (χ2v) is 2.18. The SMILES string of the molecule is Cn1ccc(=O)cc1Cl. The summed E-state index contributed by atoms with van der Waals surface area (Å²) in [5, 5.41) is 0.461. The molecule has 9 heavy (non-hydrogen) atoms. The molecule has 2 nitrogen and oxygen atoms in total. The van der Waals surface area contributed by atoms with Crippen molar-refractivity contribution in [3.8, 4) is 0 Å². The molecule has 0 unspecified atom stereocenters. The van der Waals surface area contributed by atoms with E-state index in [2.05, 4.69) is 0 Å². The van der Waals surface area contributed by atoms with Gasteiger partial charge in [-0.05, 0) is 0 Å². The molecular weight excluding hydrogens is 138 g/mol. The highest BCUT2D eigenvalue weighted by Crippen LogP contribution is 2.00. The largest absolute Gasteiger partial charge is 0.342 e. The van der Waals surface area contributed by atoms with E-state index in [1.165, 1.54) is 12.1 Å². The zero-order valence-corrected chi connectivity index (χ0v) is 5.72. The first-order valence-corrected chi connectivity index (χ1v) is 2.90. The molecule has 1 aromatic heterocycles. The zero-order valence-electron chi connectivity index (χ0n) is 4.97. The van der Waals surface area contributed by atoms with Gasteiger partial charge in [0.1, 0.15) is 5.15 Å². The van der Waals surface area contributed by atoms with E-state index < -0.39 is 0 Å². The van der Waals surface area contributed by atoms with Crippen molar-refractivity contribution in [2.75, 3.05) is 0 Å². The van der Waals surface area contributed by atoms with Crippen molar-refractivity contribution in [2.24, 2.45) is 7.05 Å². The van der Waals surface area contributed by atoms with Gasteiger partial charge in [-0.1, -0.05) is 11.6 Å². The molecule has 0 N–H and O–H groups in total. The highest BCUT2D eigenvalue weighted by atomic mass is 35.5. The molecule has 0 aromatic carbocycles. The maximum atomic E-state index is 10.5. The lowest BCUT2D eigenvalue weighted by molar-refractivity contribution is 0.901. The third-order valence-corrected chi connectivity index (χ3v) is 1.44. The highest BCUT2D eigenvalue weighted by molar-refractivity contribution is 6.29. The summed E-state index contributed by atoms with van der Waals surface area (Å²) in [6, 6.07) is 2.84. The molecule has 0 fully saturated rings. The standard InChI is InChI=1S/C6H6ClNO/c1-8-3-2-5(9)4-6(8)7/h2-4H,1H3. The van der Waals surface area contributed by atoms with Crippen LogP contribution in [0.25, 0.3) is 0 Å². The molecule has 1 heterocycles. The molecule has 0 spiro atoms. The van der Waals surface area contributed by atoms with E-state index in [-0.39, 0.29) is 5.43 Å². The van der Waals surface area contributed by atoms with E-state index in [0.717, 1.165) is 0 Å². The molecule has 0 radical (unpaired) electrons. The Morgan fingerprint density at radius 1 is 1.67 bits per heavy atom. The highest BCUT2D eigenvalue weighted by Gasteiger charge is 1.89. The molecule has 1 aromatic rings. The van der Waals surface area contributed by atoms with Crippen molar-refractivity contribution in [3.63, 3.8) is 0 Å². The Morgan fingerprint density at radius 3 is 2.78 bits per heavy atom. The number of rotatable bonds is 0. The molecule has 0 aliphatic heterocycles. The van der Waals surface area contributed by atoms with Crippen LogP contribution in [-0.2, 0) is 7.05 Å². The van der Waals surface area contributed by atoms with E-state index in [4.69, 9.17) is 11.6 Å². The van der Waals surface area contributed by atoms with Crippen LogP contribution in [-0.4, -0.2) is 4.57 Å². The fraction of sp³-hybridized carbons (Fsp3) is 0.167. The minimum atomic E-state index is -0.0573. The minimum absolute atomic E-state index is 0.0573. The van der Waals surface area contributed by atoms with Crippen molar-refractivity contribution in [2.45, 2.75) is 0 Å². The second-order valence-electron chi connectivity index (χ2n) is 1.80. The topological polar surface area (TPSA) is 22.0 Å². The van der Waals surface area contributed by atoms with Gasteiger partial charge < -0.3 is 4.57 Å². The van der Waals surface area contributed by atoms with Gasteiger partial charge in [-0.3, -0.25) is 4.79 Å². The number of nitrogens with zero attached hydrogens (tertiary/aromatic N) is 1. The first-order chi connectivity index (χ1) is 4.20. The predicted octanol–water partition coefficient (Wildman–Crippen LogP) is 1.04. The number of hydrogen-bond donors (Lipinski definition) is 0. The lowest BCUT2D eigenvalue weighted by Gasteiger charge is -1.96. The smallest absolute Gasteiger partial charge is 0.183 e. The quantitative estimate of drug-likeness (QED) is 0.498. The molecule has 3 heteroatoms. The van der Waals surface area contributed by atoms with Crippen molar-refractivity contribution in [1.82, 2.24) is 4.57 Å². The van der Waals surface area contributed by atoms with Gasteiger partial charge in [-0.2, -0.15) is 0 Å². The van der Waals surface area contributed by atoms with E-state index >= 15 is 0 Å². The molecule has 0 aliphatic carbocycles. The molecule has 1 rings (SSSR count). The Bertz CT molecular complexity index is 266. The van der Waals surface area contributed by atoms with Crippen LogP contribution in [0, 0.1) is 0 Å². The monoisotopic (exact) mass is 143 g/mol. The normalized spacial score (nSPS) is 9.56. The number of halogens is 1. The third-order valence-electron chi connectivity index (χ3n) is 1.06. The summed E-state index contributed by atoms with van der Waals surface area (Å²) < 4.78 is 1.67. The maximum absolute atomic E-state index is 10.5. The van der Waals surface area contributed by atoms with E-state index in [9.17, 15) is 4.79 Å². The van der Waals surface area contributed by atoms with Gasteiger partial charge in [0.25, 0.3) is 0 Å². The molecule has 0 bridgehead atoms. The number of aryl methyl sites for hydroxylation is 1. The number of pyridine rings is 1. The van der Waals surface area contributed by atoms with Crippen LogP contribution >= 0.6 is 11.6 Å². The van der Waals surface area contributed by atoms with Crippen molar-refractivity contribution < 1.29 is 0 Å². The van der Waals surface area contributed by atoms with Crippen LogP contribution in [0.4, 0.5) is 0 Å². The summed E-state index contributed by atoms with van der Waals surface area (Å²) in [4.78, 5) is 10.5. The summed E-state index contributed by atoms with van der Waals surface area (Å²) in [5.41, 5.74) is -0.0573. The molecule has 0 aliphatic rings. The van der Waals surface area contributed by atoms with Gasteiger partial charge in [0.05, 0.1) is 0 Å². The molecule has 0 saturated carbocycles. The molecular formula is C6H6ClNO. The van der Waals surface area contributed by atoms with Crippen molar-refractivity contribution in [3.05, 3.63) is 33.7 Å². The van der Waals surface area contributed by atoms with Crippen LogP contribution in [0.3, 0.4) is 0 Å². The van der Waals surface area contributed by atoms with Crippen LogP contribution in [0.1, 0.15) is 0 Å². The Morgan fingerprint density at radius 2 is 2.33 bits per heavy atom. The van der Waals surface area contributed by atoms with Gasteiger partial charge >= 0.3 is 0 Å². The lowest BCUT2D eigenvalue weighted by Crippen LogP contribution is -2.01. The summed E-state index contributed by atoms with van der Waals surface area (Å²) in [6.07, 6.45) is 1.63. The first-order valence-electron chi connectivity index (χ1n) is 2.52. The fourth-order valence-corrected chi connectivity index (χ4v) is 0.688. The second kappa shape index (κ2) is 2.23. The maximum Gasteiger partial charge on any atom is 0.183 e. The van der Waals surface area contributed by atoms with Crippen LogP contribution in [0.5, 0.6) is 0 Å². The zero-order chi connectivity index (χ0) is 6.85. The summed E-state index contributed by atoms with van der Waals surface area (Å²) >= 11 is 5.58. The number of aromatic nitrogens is 1. The van der Waals surface area contributed by atoms with E-state index in [1.807, 2.05) is 0 Å². The fourth-order valence-electron chi connectivity index (χ4n) is 0.524. The molecule has 0 saturated heterocycles. The Hall–Kier alpha value is -0.760. The Balaban J connectivity index is 3.34. The minimum Gasteiger partial charge on any atom is -0.342 e. The van der Waals surface area contributed by atoms with Gasteiger partial charge in [0.2, 0.25) is 0 Å². The van der Waals surface area contributed by atoms with Crippen molar-refractivity contribution >= 4 is 11.6 Å². The average Bonchev–Trinajstić information content (AvgIpc) is 1.80. The van der Waals surface area contributed by atoms with Gasteiger partial charge in [0, 0.05) is 25.4 Å². The van der Waals surface area contributed by atoms with E-state index in [1.54, 1.807) is 17.8 Å². The lowest BCUT2D eigenvalue weighted by atomic mass is 10.5.